The highest BCUT2D eigenvalue weighted by molar-refractivity contribution is 6.31. The van der Waals surface area contributed by atoms with Gasteiger partial charge in [-0.2, -0.15) is 8.78 Å². The second-order valence-electron chi connectivity index (χ2n) is 4.06. The van der Waals surface area contributed by atoms with Crippen molar-refractivity contribution in [3.8, 4) is 5.75 Å². The van der Waals surface area contributed by atoms with E-state index in [4.69, 9.17) is 11.6 Å². The Balaban J connectivity index is 2.25. The van der Waals surface area contributed by atoms with E-state index in [0.717, 1.165) is 0 Å². The summed E-state index contributed by atoms with van der Waals surface area (Å²) in [6.07, 6.45) is 0. The third-order valence-electron chi connectivity index (χ3n) is 2.79. The van der Waals surface area contributed by atoms with Gasteiger partial charge in [-0.05, 0) is 18.2 Å². The van der Waals surface area contributed by atoms with Crippen LogP contribution in [0.3, 0.4) is 0 Å². The van der Waals surface area contributed by atoms with E-state index in [-0.39, 0.29) is 17.2 Å². The zero-order chi connectivity index (χ0) is 13.8. The number of piperazine rings is 1. The number of carbonyl (C=O) groups excluding carboxylic acids is 1. The van der Waals surface area contributed by atoms with Gasteiger partial charge < -0.3 is 15.0 Å². The van der Waals surface area contributed by atoms with Gasteiger partial charge in [0.15, 0.2) is 0 Å². The van der Waals surface area contributed by atoms with E-state index in [0.29, 0.717) is 31.2 Å². The Morgan fingerprint density at radius 1 is 1.37 bits per heavy atom. The molecule has 0 aliphatic carbocycles. The molecule has 0 atom stereocenters. The van der Waals surface area contributed by atoms with Crippen molar-refractivity contribution < 1.29 is 18.3 Å². The average molecular weight is 291 g/mol. The van der Waals surface area contributed by atoms with Gasteiger partial charge in [0.2, 0.25) is 0 Å². The van der Waals surface area contributed by atoms with Crippen molar-refractivity contribution in [1.29, 1.82) is 0 Å². The Morgan fingerprint density at radius 2 is 2.05 bits per heavy atom. The van der Waals surface area contributed by atoms with Crippen LogP contribution in [0.1, 0.15) is 10.4 Å². The molecule has 1 aliphatic rings. The number of hydrogen-bond acceptors (Lipinski definition) is 3. The van der Waals surface area contributed by atoms with Gasteiger partial charge in [0.1, 0.15) is 5.75 Å². The standard InChI is InChI=1S/C12H13ClF2N2O2/c13-8-1-2-10(19-12(14)15)9(7-8)11(18)17-5-3-16-4-6-17/h1-2,7,12,16H,3-6H2. The van der Waals surface area contributed by atoms with Crippen molar-refractivity contribution in [2.45, 2.75) is 6.61 Å². The maximum atomic E-state index is 12.3. The average Bonchev–Trinajstić information content (AvgIpc) is 2.40. The van der Waals surface area contributed by atoms with Crippen LogP contribution in [0.4, 0.5) is 8.78 Å². The molecule has 4 nitrogen and oxygen atoms in total. The predicted molar refractivity (Wildman–Crippen MR) is 66.9 cm³/mol. The summed E-state index contributed by atoms with van der Waals surface area (Å²) in [5.74, 6) is -0.498. The SMILES string of the molecule is O=C(c1cc(Cl)ccc1OC(F)F)N1CCNCC1. The zero-order valence-corrected chi connectivity index (χ0v) is 10.8. The van der Waals surface area contributed by atoms with Gasteiger partial charge in [-0.1, -0.05) is 11.6 Å². The monoisotopic (exact) mass is 290 g/mol. The van der Waals surface area contributed by atoms with Crippen molar-refractivity contribution in [3.63, 3.8) is 0 Å². The van der Waals surface area contributed by atoms with Crippen LogP contribution in [0.2, 0.25) is 5.02 Å². The number of halogens is 3. The molecule has 1 aromatic carbocycles. The van der Waals surface area contributed by atoms with Crippen LogP contribution in [0.15, 0.2) is 18.2 Å². The van der Waals surface area contributed by atoms with E-state index in [1.807, 2.05) is 0 Å². The Morgan fingerprint density at radius 3 is 2.68 bits per heavy atom. The molecule has 0 radical (unpaired) electrons. The quantitative estimate of drug-likeness (QED) is 0.926. The molecule has 0 unspecified atom stereocenters. The summed E-state index contributed by atoms with van der Waals surface area (Å²) >= 11 is 5.81. The number of amides is 1. The number of hydrogen-bond donors (Lipinski definition) is 1. The largest absolute Gasteiger partial charge is 0.434 e. The van der Waals surface area contributed by atoms with E-state index in [1.54, 1.807) is 4.90 Å². The first kappa shape index (κ1) is 14.0. The molecule has 1 fully saturated rings. The summed E-state index contributed by atoms with van der Waals surface area (Å²) in [4.78, 5) is 13.9. The smallest absolute Gasteiger partial charge is 0.387 e. The zero-order valence-electron chi connectivity index (χ0n) is 10.0. The Kier molecular flexibility index (Phi) is 4.55. The number of nitrogens with zero attached hydrogens (tertiary/aromatic N) is 1. The van der Waals surface area contributed by atoms with Crippen molar-refractivity contribution >= 4 is 17.5 Å². The Bertz CT molecular complexity index is 465. The molecule has 0 aromatic heterocycles. The maximum Gasteiger partial charge on any atom is 0.387 e. The summed E-state index contributed by atoms with van der Waals surface area (Å²) in [6, 6.07) is 4.04. The topological polar surface area (TPSA) is 41.6 Å². The molecular weight excluding hydrogens is 278 g/mol. The molecule has 7 heteroatoms. The summed E-state index contributed by atoms with van der Waals surface area (Å²) in [5.41, 5.74) is 0.0645. The third kappa shape index (κ3) is 3.54. The number of carbonyl (C=O) groups is 1. The number of benzene rings is 1. The lowest BCUT2D eigenvalue weighted by molar-refractivity contribution is -0.0502. The Labute approximate surface area is 114 Å². The van der Waals surface area contributed by atoms with Gasteiger partial charge >= 0.3 is 6.61 Å². The van der Waals surface area contributed by atoms with Crippen LogP contribution in [0.25, 0.3) is 0 Å². The highest BCUT2D eigenvalue weighted by Crippen LogP contribution is 2.26. The second-order valence-corrected chi connectivity index (χ2v) is 4.50. The third-order valence-corrected chi connectivity index (χ3v) is 3.03. The van der Waals surface area contributed by atoms with E-state index >= 15 is 0 Å². The summed E-state index contributed by atoms with van der Waals surface area (Å²) in [6.45, 7) is -0.566. The fourth-order valence-corrected chi connectivity index (χ4v) is 2.08. The predicted octanol–water partition coefficient (Wildman–Crippen LogP) is 1.99. The van der Waals surface area contributed by atoms with Crippen LogP contribution < -0.4 is 10.1 Å². The number of nitrogens with one attached hydrogen (secondary N) is 1. The van der Waals surface area contributed by atoms with Crippen molar-refractivity contribution in [2.75, 3.05) is 26.2 Å². The van der Waals surface area contributed by atoms with Crippen molar-refractivity contribution in [2.24, 2.45) is 0 Å². The van der Waals surface area contributed by atoms with Crippen LogP contribution in [0, 0.1) is 0 Å². The number of alkyl halides is 2. The fraction of sp³-hybridized carbons (Fsp3) is 0.417. The molecule has 1 aromatic rings. The summed E-state index contributed by atoms with van der Waals surface area (Å²) < 4.78 is 29.0. The molecule has 0 bridgehead atoms. The van der Waals surface area contributed by atoms with E-state index in [2.05, 4.69) is 10.1 Å². The van der Waals surface area contributed by atoms with Crippen LogP contribution in [-0.2, 0) is 0 Å². The molecule has 1 heterocycles. The number of ether oxygens (including phenoxy) is 1. The fourth-order valence-electron chi connectivity index (χ4n) is 1.91. The van der Waals surface area contributed by atoms with Crippen LogP contribution in [-0.4, -0.2) is 43.6 Å². The lowest BCUT2D eigenvalue weighted by atomic mass is 10.1. The van der Waals surface area contributed by atoms with Gasteiger partial charge in [0.25, 0.3) is 5.91 Å². The summed E-state index contributed by atoms with van der Waals surface area (Å²) in [5, 5.41) is 3.41. The maximum absolute atomic E-state index is 12.3. The molecule has 1 amide bonds. The second kappa shape index (κ2) is 6.16. The molecule has 104 valence electrons. The van der Waals surface area contributed by atoms with E-state index < -0.39 is 6.61 Å². The van der Waals surface area contributed by atoms with E-state index in [1.165, 1.54) is 18.2 Å². The normalized spacial score (nSPS) is 15.7. The molecule has 2 rings (SSSR count). The van der Waals surface area contributed by atoms with Gasteiger partial charge in [-0.15, -0.1) is 0 Å². The minimum Gasteiger partial charge on any atom is -0.434 e. The van der Waals surface area contributed by atoms with Crippen molar-refractivity contribution in [3.05, 3.63) is 28.8 Å². The minimum atomic E-state index is -2.98. The molecule has 19 heavy (non-hydrogen) atoms. The first-order valence-corrected chi connectivity index (χ1v) is 6.20. The van der Waals surface area contributed by atoms with Gasteiger partial charge in [0.05, 0.1) is 5.56 Å². The van der Waals surface area contributed by atoms with Gasteiger partial charge in [0, 0.05) is 31.2 Å². The molecular formula is C12H13ClF2N2O2. The molecule has 1 aliphatic heterocycles. The van der Waals surface area contributed by atoms with Crippen LogP contribution in [0.5, 0.6) is 5.75 Å². The van der Waals surface area contributed by atoms with Gasteiger partial charge in [-0.3, -0.25) is 4.79 Å². The lowest BCUT2D eigenvalue weighted by Gasteiger charge is -2.28. The summed E-state index contributed by atoms with van der Waals surface area (Å²) in [7, 11) is 0. The molecule has 1 saturated heterocycles. The van der Waals surface area contributed by atoms with Gasteiger partial charge in [-0.25, -0.2) is 0 Å². The molecule has 0 spiro atoms. The highest BCUT2D eigenvalue weighted by Gasteiger charge is 2.22. The first-order chi connectivity index (χ1) is 9.08. The Hall–Kier alpha value is -1.40. The number of rotatable bonds is 3. The first-order valence-electron chi connectivity index (χ1n) is 5.82. The van der Waals surface area contributed by atoms with Crippen LogP contribution >= 0.6 is 11.6 Å². The molecule has 0 saturated carbocycles. The lowest BCUT2D eigenvalue weighted by Crippen LogP contribution is -2.46. The molecule has 1 N–H and O–H groups in total. The highest BCUT2D eigenvalue weighted by atomic mass is 35.5. The minimum absolute atomic E-state index is 0.0645. The van der Waals surface area contributed by atoms with E-state index in [9.17, 15) is 13.6 Å². The van der Waals surface area contributed by atoms with Crippen molar-refractivity contribution in [1.82, 2.24) is 10.2 Å².